The molecule has 14 atom stereocenters. The van der Waals surface area contributed by atoms with Gasteiger partial charge in [-0.3, -0.25) is 0 Å². The van der Waals surface area contributed by atoms with Crippen molar-refractivity contribution in [3.63, 3.8) is 0 Å². The number of fused-ring (bicyclic) bond motifs is 2. The van der Waals surface area contributed by atoms with Gasteiger partial charge in [0.2, 0.25) is 0 Å². The fourth-order valence-corrected chi connectivity index (χ4v) is 11.6. The maximum Gasteiger partial charge on any atom is 0.0574 e. The van der Waals surface area contributed by atoms with Crippen LogP contribution >= 0.6 is 0 Å². The highest BCUT2D eigenvalue weighted by Crippen LogP contribution is 2.96. The SMILES string of the molecule is OC[C@]12[C@@H]3[C@H]4[C@@H](CC[C@H]4O)[C@@H]4[C@H]3[C@@H]3[C@H]([C@@H]5[C@H](CC[C@H]5O)[C@@H]31)[C@]42CO. The molecule has 0 aromatic rings. The van der Waals surface area contributed by atoms with Crippen molar-refractivity contribution in [3.8, 4) is 0 Å². The summed E-state index contributed by atoms with van der Waals surface area (Å²) in [4.78, 5) is 0. The molecule has 0 saturated heterocycles. The molecule has 0 radical (unpaired) electrons. The Bertz CT molecular complexity index is 583. The minimum Gasteiger partial charge on any atom is -0.396 e. The van der Waals surface area contributed by atoms with Crippen LogP contribution in [-0.4, -0.2) is 45.8 Å². The Hall–Kier alpha value is -0.160. The third kappa shape index (κ3) is 0.933. The van der Waals surface area contributed by atoms with Crippen LogP contribution in [0.3, 0.4) is 0 Å². The summed E-state index contributed by atoms with van der Waals surface area (Å²) in [5.74, 6) is 4.98. The first kappa shape index (κ1) is 14.0. The van der Waals surface area contributed by atoms with Crippen molar-refractivity contribution in [1.82, 2.24) is 0 Å². The Balaban J connectivity index is 1.48. The zero-order valence-electron chi connectivity index (χ0n) is 14.0. The van der Waals surface area contributed by atoms with Crippen molar-refractivity contribution in [2.45, 2.75) is 37.9 Å². The van der Waals surface area contributed by atoms with Crippen LogP contribution in [0.15, 0.2) is 0 Å². The Morgan fingerprint density at radius 1 is 0.583 bits per heavy atom. The molecule has 8 rings (SSSR count). The Labute approximate surface area is 142 Å². The van der Waals surface area contributed by atoms with E-state index in [-0.39, 0.29) is 36.3 Å². The molecular formula is C20H28O4. The highest BCUT2D eigenvalue weighted by Gasteiger charge is 2.96. The second-order valence-electron chi connectivity index (χ2n) is 10.4. The second-order valence-corrected chi connectivity index (χ2v) is 10.4. The standard InChI is InChI=1S/C20H28O4/c21-5-19-15-7-1-3-9(23)11(7)17-13(15)14-16(20(17,19)6-22)8-2-4-10(24)12(8)18(14)19/h7-18,21-24H,1-6H2/t7-,8+,9-,10-,11+,12-,13-,14+,15-,16+,17-,18+,19+,20-/m1/s1. The largest absolute Gasteiger partial charge is 0.396 e. The van der Waals surface area contributed by atoms with Crippen molar-refractivity contribution < 1.29 is 20.4 Å². The van der Waals surface area contributed by atoms with Crippen LogP contribution in [-0.2, 0) is 0 Å². The molecule has 24 heavy (non-hydrogen) atoms. The lowest BCUT2D eigenvalue weighted by atomic mass is 9.44. The molecule has 0 heterocycles. The van der Waals surface area contributed by atoms with Gasteiger partial charge in [-0.2, -0.15) is 0 Å². The zero-order chi connectivity index (χ0) is 16.2. The third-order valence-corrected chi connectivity index (χ3v) is 11.1. The van der Waals surface area contributed by atoms with Gasteiger partial charge in [-0.05, 0) is 84.9 Å². The maximum atomic E-state index is 10.7. The van der Waals surface area contributed by atoms with Crippen molar-refractivity contribution in [1.29, 1.82) is 0 Å². The maximum absolute atomic E-state index is 10.7. The van der Waals surface area contributed by atoms with Gasteiger partial charge in [-0.1, -0.05) is 0 Å². The van der Waals surface area contributed by atoms with Crippen LogP contribution in [0.4, 0.5) is 0 Å². The van der Waals surface area contributed by atoms with Gasteiger partial charge in [0.15, 0.2) is 0 Å². The summed E-state index contributed by atoms with van der Waals surface area (Å²) >= 11 is 0. The van der Waals surface area contributed by atoms with E-state index in [0.29, 0.717) is 59.2 Å². The van der Waals surface area contributed by atoms with Crippen molar-refractivity contribution in [3.05, 3.63) is 0 Å². The van der Waals surface area contributed by atoms with E-state index in [2.05, 4.69) is 0 Å². The third-order valence-electron chi connectivity index (χ3n) is 11.1. The molecule has 4 heteroatoms. The number of hydrogen-bond donors (Lipinski definition) is 4. The van der Waals surface area contributed by atoms with Crippen LogP contribution < -0.4 is 0 Å². The summed E-state index contributed by atoms with van der Waals surface area (Å²) in [6.07, 6.45) is 3.66. The first-order chi connectivity index (χ1) is 11.6. The molecule has 4 N–H and O–H groups in total. The topological polar surface area (TPSA) is 80.9 Å². The molecule has 0 aromatic carbocycles. The summed E-state index contributed by atoms with van der Waals surface area (Å²) in [6.45, 7) is 0.385. The fourth-order valence-electron chi connectivity index (χ4n) is 11.6. The molecule has 4 nitrogen and oxygen atoms in total. The highest BCUT2D eigenvalue weighted by atomic mass is 16.3. The first-order valence-electron chi connectivity index (χ1n) is 10.2. The van der Waals surface area contributed by atoms with Crippen LogP contribution in [0.25, 0.3) is 0 Å². The van der Waals surface area contributed by atoms with Gasteiger partial charge < -0.3 is 20.4 Å². The molecule has 0 spiro atoms. The molecule has 8 aliphatic carbocycles. The van der Waals surface area contributed by atoms with Gasteiger partial charge in [0.1, 0.15) is 0 Å². The van der Waals surface area contributed by atoms with Crippen LogP contribution in [0, 0.1) is 70.0 Å². The van der Waals surface area contributed by atoms with Gasteiger partial charge in [-0.15, -0.1) is 0 Å². The lowest BCUT2D eigenvalue weighted by molar-refractivity contribution is -0.196. The number of rotatable bonds is 2. The highest BCUT2D eigenvalue weighted by molar-refractivity contribution is 5.42. The molecule has 132 valence electrons. The molecular weight excluding hydrogens is 304 g/mol. The fraction of sp³-hybridized carbons (Fsp3) is 1.00. The van der Waals surface area contributed by atoms with E-state index in [0.717, 1.165) is 25.7 Å². The van der Waals surface area contributed by atoms with Gasteiger partial charge >= 0.3 is 0 Å². The van der Waals surface area contributed by atoms with E-state index in [1.807, 2.05) is 0 Å². The number of aliphatic hydroxyl groups excluding tert-OH is 4. The molecule has 8 fully saturated rings. The summed E-state index contributed by atoms with van der Waals surface area (Å²) in [5.41, 5.74) is -0.297. The molecule has 8 saturated carbocycles. The Morgan fingerprint density at radius 2 is 1.00 bits per heavy atom. The molecule has 0 amide bonds. The normalized spacial score (nSPS) is 75.5. The Kier molecular flexibility index (Phi) is 2.19. The van der Waals surface area contributed by atoms with E-state index >= 15 is 0 Å². The van der Waals surface area contributed by atoms with Gasteiger partial charge in [0, 0.05) is 24.0 Å². The van der Waals surface area contributed by atoms with Gasteiger partial charge in [-0.25, -0.2) is 0 Å². The van der Waals surface area contributed by atoms with E-state index in [1.165, 1.54) is 0 Å². The molecule has 8 bridgehead atoms. The van der Waals surface area contributed by atoms with Gasteiger partial charge in [0.25, 0.3) is 0 Å². The van der Waals surface area contributed by atoms with Crippen LogP contribution in [0.2, 0.25) is 0 Å². The minimum absolute atomic E-state index is 0.149. The lowest BCUT2D eigenvalue weighted by Crippen LogP contribution is -2.62. The molecule has 0 aromatic heterocycles. The monoisotopic (exact) mass is 332 g/mol. The summed E-state index contributed by atoms with van der Waals surface area (Å²) in [7, 11) is 0. The predicted octanol–water partition coefficient (Wildman–Crippen LogP) is 0.483. The smallest absolute Gasteiger partial charge is 0.0574 e. The second kappa shape index (κ2) is 3.76. The van der Waals surface area contributed by atoms with Crippen molar-refractivity contribution in [2.24, 2.45) is 70.0 Å². The lowest BCUT2D eigenvalue weighted by Gasteiger charge is -2.60. The molecule has 0 aliphatic heterocycles. The number of aliphatic hydroxyl groups is 4. The van der Waals surface area contributed by atoms with Crippen molar-refractivity contribution >= 4 is 0 Å². The molecule has 0 unspecified atom stereocenters. The minimum atomic E-state index is -0.185. The van der Waals surface area contributed by atoms with Crippen LogP contribution in [0.5, 0.6) is 0 Å². The van der Waals surface area contributed by atoms with Gasteiger partial charge in [0.05, 0.1) is 12.2 Å². The van der Waals surface area contributed by atoms with E-state index in [1.54, 1.807) is 0 Å². The van der Waals surface area contributed by atoms with E-state index < -0.39 is 0 Å². The average molecular weight is 332 g/mol. The quantitative estimate of drug-likeness (QED) is 0.593. The van der Waals surface area contributed by atoms with Crippen molar-refractivity contribution in [2.75, 3.05) is 13.2 Å². The average Bonchev–Trinajstić information content (AvgIpc) is 3.36. The summed E-state index contributed by atoms with van der Waals surface area (Å²) in [5, 5.41) is 42.8. The van der Waals surface area contributed by atoms with E-state index in [4.69, 9.17) is 0 Å². The molecule has 8 aliphatic rings. The predicted molar refractivity (Wildman–Crippen MR) is 84.4 cm³/mol. The Morgan fingerprint density at radius 3 is 1.38 bits per heavy atom. The van der Waals surface area contributed by atoms with Crippen LogP contribution in [0.1, 0.15) is 25.7 Å². The summed E-state index contributed by atoms with van der Waals surface area (Å²) < 4.78 is 0. The van der Waals surface area contributed by atoms with E-state index in [9.17, 15) is 20.4 Å². The number of hydrogen-bond acceptors (Lipinski definition) is 4. The summed E-state index contributed by atoms with van der Waals surface area (Å²) in [6, 6.07) is 0. The first-order valence-corrected chi connectivity index (χ1v) is 10.2. The zero-order valence-corrected chi connectivity index (χ0v) is 14.0.